The Bertz CT molecular complexity index is 994. The number of aryl methyl sites for hydroxylation is 1. The Kier molecular flexibility index (Phi) is 6.21. The molecule has 4 rings (SSSR count). The molecule has 2 heterocycles. The zero-order valence-electron chi connectivity index (χ0n) is 17.3. The van der Waals surface area contributed by atoms with Gasteiger partial charge in [0.2, 0.25) is 11.8 Å². The number of aromatic nitrogens is 2. The van der Waals surface area contributed by atoms with Crippen molar-refractivity contribution in [1.82, 2.24) is 20.4 Å². The lowest BCUT2D eigenvalue weighted by molar-refractivity contribution is 0.0342. The normalized spacial score (nSPS) is 15.7. The van der Waals surface area contributed by atoms with Gasteiger partial charge in [-0.3, -0.25) is 9.69 Å². The zero-order valence-corrected chi connectivity index (χ0v) is 17.3. The predicted molar refractivity (Wildman–Crippen MR) is 114 cm³/mol. The largest absolute Gasteiger partial charge is 0.416 e. The molecule has 1 aliphatic heterocycles. The summed E-state index contributed by atoms with van der Waals surface area (Å²) in [5.41, 5.74) is 3.40. The van der Waals surface area contributed by atoms with Crippen LogP contribution in [0.2, 0.25) is 0 Å². The highest BCUT2D eigenvalue weighted by molar-refractivity contribution is 5.94. The van der Waals surface area contributed by atoms with E-state index in [9.17, 15) is 4.79 Å². The first kappa shape index (κ1) is 20.3. The van der Waals surface area contributed by atoms with Crippen LogP contribution >= 0.6 is 0 Å². The summed E-state index contributed by atoms with van der Waals surface area (Å²) in [6.07, 6.45) is 0. The monoisotopic (exact) mass is 406 g/mol. The molecule has 1 aliphatic rings. The van der Waals surface area contributed by atoms with Gasteiger partial charge in [-0.15, -0.1) is 10.2 Å². The number of carbonyl (C=O) groups excluding carboxylic acids is 1. The van der Waals surface area contributed by atoms with Crippen molar-refractivity contribution in [2.75, 3.05) is 32.8 Å². The number of rotatable bonds is 6. The summed E-state index contributed by atoms with van der Waals surface area (Å²) >= 11 is 0. The highest BCUT2D eigenvalue weighted by Gasteiger charge is 2.16. The highest BCUT2D eigenvalue weighted by atomic mass is 16.5. The minimum absolute atomic E-state index is 0.0584. The van der Waals surface area contributed by atoms with Gasteiger partial charge in [0.25, 0.3) is 5.91 Å². The quantitative estimate of drug-likeness (QED) is 0.677. The second-order valence-electron chi connectivity index (χ2n) is 7.65. The van der Waals surface area contributed by atoms with E-state index in [-0.39, 0.29) is 11.9 Å². The smallest absolute Gasteiger partial charge is 0.251 e. The van der Waals surface area contributed by atoms with E-state index in [1.165, 1.54) is 0 Å². The molecule has 7 nitrogen and oxygen atoms in total. The second kappa shape index (κ2) is 9.19. The average molecular weight is 406 g/mol. The number of carbonyl (C=O) groups is 1. The maximum absolute atomic E-state index is 12.6. The Morgan fingerprint density at radius 3 is 2.47 bits per heavy atom. The topological polar surface area (TPSA) is 80.5 Å². The molecule has 1 unspecified atom stereocenters. The van der Waals surface area contributed by atoms with Crippen molar-refractivity contribution in [2.45, 2.75) is 19.9 Å². The van der Waals surface area contributed by atoms with E-state index in [0.29, 0.717) is 17.3 Å². The molecule has 0 saturated carbocycles. The molecule has 0 radical (unpaired) electrons. The van der Waals surface area contributed by atoms with Crippen molar-refractivity contribution >= 4 is 5.91 Å². The van der Waals surface area contributed by atoms with Crippen LogP contribution in [0.3, 0.4) is 0 Å². The fourth-order valence-electron chi connectivity index (χ4n) is 3.52. The van der Waals surface area contributed by atoms with E-state index < -0.39 is 0 Å². The van der Waals surface area contributed by atoms with Gasteiger partial charge in [-0.05, 0) is 50.2 Å². The van der Waals surface area contributed by atoms with Gasteiger partial charge >= 0.3 is 0 Å². The molecule has 1 atom stereocenters. The second-order valence-corrected chi connectivity index (χ2v) is 7.65. The lowest BCUT2D eigenvalue weighted by Crippen LogP contribution is -2.46. The standard InChI is InChI=1S/C23H26N4O3/c1-16-4-3-5-20(14-16)23-26-25-22(30-23)19-8-6-18(7-9-19)21(28)24-17(2)15-27-10-12-29-13-11-27/h3-9,14,17H,10-13,15H2,1-2H3,(H,24,28). The van der Waals surface area contributed by atoms with Gasteiger partial charge < -0.3 is 14.5 Å². The zero-order chi connectivity index (χ0) is 20.9. The van der Waals surface area contributed by atoms with Gasteiger partial charge in [0, 0.05) is 42.4 Å². The molecule has 3 aromatic rings. The maximum atomic E-state index is 12.6. The Morgan fingerprint density at radius 2 is 1.77 bits per heavy atom. The molecule has 1 saturated heterocycles. The van der Waals surface area contributed by atoms with E-state index in [1.54, 1.807) is 12.1 Å². The van der Waals surface area contributed by atoms with Gasteiger partial charge in [0.05, 0.1) is 13.2 Å². The van der Waals surface area contributed by atoms with Crippen LogP contribution < -0.4 is 5.32 Å². The van der Waals surface area contributed by atoms with Gasteiger partial charge in [-0.1, -0.05) is 17.7 Å². The molecule has 0 bridgehead atoms. The van der Waals surface area contributed by atoms with Crippen molar-refractivity contribution in [1.29, 1.82) is 0 Å². The van der Waals surface area contributed by atoms with Crippen molar-refractivity contribution in [3.8, 4) is 22.9 Å². The first-order valence-electron chi connectivity index (χ1n) is 10.2. The SMILES string of the molecule is Cc1cccc(-c2nnc(-c3ccc(C(=O)NC(C)CN4CCOCC4)cc3)o2)c1. The third-order valence-electron chi connectivity index (χ3n) is 5.10. The minimum atomic E-state index is -0.0895. The summed E-state index contributed by atoms with van der Waals surface area (Å²) < 4.78 is 11.2. The summed E-state index contributed by atoms with van der Waals surface area (Å²) in [5, 5.41) is 11.4. The molecular formula is C23H26N4O3. The molecule has 1 N–H and O–H groups in total. The summed E-state index contributed by atoms with van der Waals surface area (Å²) in [5.74, 6) is 0.819. The van der Waals surface area contributed by atoms with Gasteiger partial charge in [0.15, 0.2) is 0 Å². The van der Waals surface area contributed by atoms with Gasteiger partial charge in [-0.25, -0.2) is 0 Å². The van der Waals surface area contributed by atoms with Crippen molar-refractivity contribution in [2.24, 2.45) is 0 Å². The van der Waals surface area contributed by atoms with Crippen molar-refractivity contribution < 1.29 is 13.9 Å². The van der Waals surface area contributed by atoms with E-state index in [2.05, 4.69) is 20.4 Å². The molecule has 0 spiro atoms. The number of amides is 1. The third-order valence-corrected chi connectivity index (χ3v) is 5.10. The van der Waals surface area contributed by atoms with Crippen molar-refractivity contribution in [3.05, 3.63) is 59.7 Å². The van der Waals surface area contributed by atoms with Crippen LogP contribution in [0.25, 0.3) is 22.9 Å². The molecule has 30 heavy (non-hydrogen) atoms. The Morgan fingerprint density at radius 1 is 1.07 bits per heavy atom. The molecule has 1 amide bonds. The van der Waals surface area contributed by atoms with Crippen LogP contribution in [0, 0.1) is 6.92 Å². The summed E-state index contributed by atoms with van der Waals surface area (Å²) in [7, 11) is 0. The van der Waals surface area contributed by atoms with Crippen LogP contribution in [0.1, 0.15) is 22.8 Å². The summed E-state index contributed by atoms with van der Waals surface area (Å²) in [6.45, 7) is 8.18. The first-order chi connectivity index (χ1) is 14.6. The van der Waals surface area contributed by atoms with Crippen LogP contribution in [-0.2, 0) is 4.74 Å². The maximum Gasteiger partial charge on any atom is 0.251 e. The minimum Gasteiger partial charge on any atom is -0.416 e. The van der Waals surface area contributed by atoms with Crippen LogP contribution in [-0.4, -0.2) is 59.9 Å². The van der Waals surface area contributed by atoms with Crippen molar-refractivity contribution in [3.63, 3.8) is 0 Å². The molecule has 1 aromatic heterocycles. The average Bonchev–Trinajstić information content (AvgIpc) is 3.25. The Hall–Kier alpha value is -3.03. The summed E-state index contributed by atoms with van der Waals surface area (Å²) in [6, 6.07) is 15.2. The lowest BCUT2D eigenvalue weighted by Gasteiger charge is -2.29. The fourth-order valence-corrected chi connectivity index (χ4v) is 3.52. The van der Waals surface area contributed by atoms with Crippen LogP contribution in [0.15, 0.2) is 52.9 Å². The molecule has 1 fully saturated rings. The van der Waals surface area contributed by atoms with E-state index in [4.69, 9.17) is 9.15 Å². The van der Waals surface area contributed by atoms with E-state index in [1.807, 2.05) is 50.2 Å². The predicted octanol–water partition coefficient (Wildman–Crippen LogP) is 3.16. The fraction of sp³-hybridized carbons (Fsp3) is 0.348. The highest BCUT2D eigenvalue weighted by Crippen LogP contribution is 2.24. The van der Waals surface area contributed by atoms with Gasteiger partial charge in [0.1, 0.15) is 0 Å². The Balaban J connectivity index is 1.38. The third kappa shape index (κ3) is 4.93. The first-order valence-corrected chi connectivity index (χ1v) is 10.2. The van der Waals surface area contributed by atoms with E-state index in [0.717, 1.165) is 49.5 Å². The number of benzene rings is 2. The summed E-state index contributed by atoms with van der Waals surface area (Å²) in [4.78, 5) is 14.9. The number of hydrogen-bond donors (Lipinski definition) is 1. The number of ether oxygens (including phenoxy) is 1. The molecule has 0 aliphatic carbocycles. The number of hydrogen-bond acceptors (Lipinski definition) is 6. The molecule has 7 heteroatoms. The van der Waals surface area contributed by atoms with E-state index >= 15 is 0 Å². The number of morpholine rings is 1. The molecule has 2 aromatic carbocycles. The number of nitrogens with one attached hydrogen (secondary N) is 1. The van der Waals surface area contributed by atoms with Crippen LogP contribution in [0.4, 0.5) is 0 Å². The Labute approximate surface area is 176 Å². The number of nitrogens with zero attached hydrogens (tertiary/aromatic N) is 3. The van der Waals surface area contributed by atoms with Gasteiger partial charge in [-0.2, -0.15) is 0 Å². The molecule has 156 valence electrons. The molecular weight excluding hydrogens is 380 g/mol. The lowest BCUT2D eigenvalue weighted by atomic mass is 10.1. The van der Waals surface area contributed by atoms with Crippen LogP contribution in [0.5, 0.6) is 0 Å².